The molecule has 0 aliphatic carbocycles. The third kappa shape index (κ3) is 3.11. The van der Waals surface area contributed by atoms with Crippen LogP contribution < -0.4 is 5.46 Å². The Morgan fingerprint density at radius 1 is 0.750 bits per heavy atom. The highest BCUT2D eigenvalue weighted by Crippen LogP contribution is 2.39. The van der Waals surface area contributed by atoms with Gasteiger partial charge in [0.15, 0.2) is 0 Å². The summed E-state index contributed by atoms with van der Waals surface area (Å²) in [6.07, 6.45) is 1.86. The molecule has 1 aliphatic heterocycles. The Morgan fingerprint density at radius 3 is 2.14 bits per heavy atom. The van der Waals surface area contributed by atoms with Crippen LogP contribution in [0.1, 0.15) is 41.5 Å². The van der Waals surface area contributed by atoms with Gasteiger partial charge in [-0.2, -0.15) is 0 Å². The van der Waals surface area contributed by atoms with Gasteiger partial charge in [0.1, 0.15) is 5.65 Å². The van der Waals surface area contributed by atoms with Crippen LogP contribution in [-0.4, -0.2) is 32.7 Å². The Hall–Kier alpha value is -3.48. The number of para-hydroxylation sites is 2. The fraction of sp³-hybridized carbons (Fsp3) is 0.267. The molecule has 1 saturated heterocycles. The Morgan fingerprint density at radius 2 is 1.39 bits per heavy atom. The minimum Gasteiger partial charge on any atom is -0.399 e. The molecule has 1 fully saturated rings. The molecular weight excluding hydrogens is 445 g/mol. The molecule has 1 aliphatic rings. The number of pyridine rings is 2. The smallest absolute Gasteiger partial charge is 0.399 e. The summed E-state index contributed by atoms with van der Waals surface area (Å²) in [7, 11) is -0.465. The molecule has 3 aromatic heterocycles. The lowest BCUT2D eigenvalue weighted by molar-refractivity contribution is 0.00578. The van der Waals surface area contributed by atoms with Crippen molar-refractivity contribution >= 4 is 61.8 Å². The molecule has 6 heteroatoms. The molecule has 0 saturated carbocycles. The van der Waals surface area contributed by atoms with Crippen LogP contribution in [-0.2, 0) is 9.31 Å². The fourth-order valence-corrected chi connectivity index (χ4v) is 5.22. The van der Waals surface area contributed by atoms with E-state index < -0.39 is 18.3 Å². The molecule has 0 amide bonds. The molecule has 0 radical (unpaired) electrons. The number of nitrogens with zero attached hydrogens (tertiary/aromatic N) is 3. The maximum atomic E-state index is 6.49. The Bertz CT molecular complexity index is 1770. The second kappa shape index (κ2) is 8.02. The van der Waals surface area contributed by atoms with Gasteiger partial charge in [0.2, 0.25) is 0 Å². The summed E-state index contributed by atoms with van der Waals surface area (Å²) in [6.45, 7) is 12.4. The first-order valence-electron chi connectivity index (χ1n) is 12.7. The summed E-state index contributed by atoms with van der Waals surface area (Å²) in [5, 5.41) is 4.38. The normalized spacial score (nSPS) is 16.8. The lowest BCUT2D eigenvalue weighted by Crippen LogP contribution is -2.41. The maximum absolute atomic E-state index is 6.49. The SMILES string of the molecule is CC.CC1(C)OB(c2cc3c4ncccc4n4c5ccccc5nc4c3c3ccccc23)OC1(C)C. The quantitative estimate of drug-likeness (QED) is 0.197. The van der Waals surface area contributed by atoms with Crippen LogP contribution in [0.5, 0.6) is 0 Å². The van der Waals surface area contributed by atoms with Crippen molar-refractivity contribution in [2.45, 2.75) is 52.7 Å². The van der Waals surface area contributed by atoms with E-state index in [-0.39, 0.29) is 0 Å². The predicted octanol–water partition coefficient (Wildman–Crippen LogP) is 6.67. The zero-order chi connectivity index (χ0) is 25.2. The molecule has 0 N–H and O–H groups in total. The van der Waals surface area contributed by atoms with E-state index in [0.29, 0.717) is 0 Å². The lowest BCUT2D eigenvalue weighted by atomic mass is 9.74. The van der Waals surface area contributed by atoms with Crippen molar-refractivity contribution in [2.75, 3.05) is 0 Å². The molecule has 0 bridgehead atoms. The molecule has 0 unspecified atom stereocenters. The molecule has 0 atom stereocenters. The molecule has 36 heavy (non-hydrogen) atoms. The summed E-state index contributed by atoms with van der Waals surface area (Å²) in [6, 6.07) is 23.1. The van der Waals surface area contributed by atoms with Crippen molar-refractivity contribution in [3.8, 4) is 0 Å². The summed E-state index contributed by atoms with van der Waals surface area (Å²) >= 11 is 0. The first-order chi connectivity index (χ1) is 17.4. The van der Waals surface area contributed by atoms with Crippen LogP contribution in [0.4, 0.5) is 0 Å². The molecule has 6 aromatic rings. The van der Waals surface area contributed by atoms with Gasteiger partial charge in [0.25, 0.3) is 0 Å². The van der Waals surface area contributed by atoms with Crippen molar-refractivity contribution in [3.63, 3.8) is 0 Å². The summed E-state index contributed by atoms with van der Waals surface area (Å²) in [5.74, 6) is 0. The van der Waals surface area contributed by atoms with Crippen LogP contribution in [0.3, 0.4) is 0 Å². The average molecular weight is 475 g/mol. The second-order valence-electron chi connectivity index (χ2n) is 10.2. The van der Waals surface area contributed by atoms with Gasteiger partial charge in [0.05, 0.1) is 33.3 Å². The Balaban J connectivity index is 0.00000117. The van der Waals surface area contributed by atoms with Gasteiger partial charge in [-0.15, -0.1) is 0 Å². The van der Waals surface area contributed by atoms with Crippen molar-refractivity contribution in [2.24, 2.45) is 0 Å². The van der Waals surface area contributed by atoms with E-state index in [1.165, 1.54) is 0 Å². The average Bonchev–Trinajstić information content (AvgIpc) is 3.38. The highest BCUT2D eigenvalue weighted by molar-refractivity contribution is 6.66. The van der Waals surface area contributed by atoms with E-state index in [4.69, 9.17) is 19.3 Å². The number of rotatable bonds is 1. The third-order valence-electron chi connectivity index (χ3n) is 7.65. The standard InChI is InChI=1S/C28H24BN3O2.C2H6/c1-27(2)28(3,4)34-29(33-27)20-16-19-24(18-11-6-5-10-17(18)20)26-31-21-12-7-8-13-22(21)32(26)23-14-9-15-30-25(19)23;1-2/h5-16H,1-4H3;1-2H3. The highest BCUT2D eigenvalue weighted by atomic mass is 16.7. The van der Waals surface area contributed by atoms with Gasteiger partial charge >= 0.3 is 7.12 Å². The van der Waals surface area contributed by atoms with E-state index in [9.17, 15) is 0 Å². The molecular formula is C30H30BN3O2. The van der Waals surface area contributed by atoms with Gasteiger partial charge in [-0.05, 0) is 68.2 Å². The third-order valence-corrected chi connectivity index (χ3v) is 7.65. The number of hydrogen-bond acceptors (Lipinski definition) is 4. The fourth-order valence-electron chi connectivity index (χ4n) is 5.22. The number of hydrogen-bond donors (Lipinski definition) is 0. The minimum atomic E-state index is -0.465. The zero-order valence-electron chi connectivity index (χ0n) is 21.7. The summed E-state index contributed by atoms with van der Waals surface area (Å²) < 4.78 is 15.2. The first kappa shape index (κ1) is 23.0. The number of imidazole rings is 1. The monoisotopic (exact) mass is 475 g/mol. The first-order valence-corrected chi connectivity index (χ1v) is 12.7. The highest BCUT2D eigenvalue weighted by Gasteiger charge is 2.52. The van der Waals surface area contributed by atoms with E-state index in [0.717, 1.165) is 54.7 Å². The van der Waals surface area contributed by atoms with Gasteiger partial charge in [-0.1, -0.05) is 56.3 Å². The van der Waals surface area contributed by atoms with Crippen molar-refractivity contribution in [1.82, 2.24) is 14.4 Å². The largest absolute Gasteiger partial charge is 0.495 e. The van der Waals surface area contributed by atoms with E-state index >= 15 is 0 Å². The molecule has 7 rings (SSSR count). The van der Waals surface area contributed by atoms with Crippen LogP contribution in [0.25, 0.3) is 49.3 Å². The molecule has 0 spiro atoms. The van der Waals surface area contributed by atoms with E-state index in [1.54, 1.807) is 0 Å². The Kier molecular flexibility index (Phi) is 5.11. The van der Waals surface area contributed by atoms with Gasteiger partial charge in [0, 0.05) is 17.0 Å². The topological polar surface area (TPSA) is 48.7 Å². The Labute approximate surface area is 211 Å². The predicted molar refractivity (Wildman–Crippen MR) is 150 cm³/mol. The number of aromatic nitrogens is 3. The van der Waals surface area contributed by atoms with E-state index in [1.807, 2.05) is 32.2 Å². The second-order valence-corrected chi connectivity index (χ2v) is 10.2. The van der Waals surface area contributed by atoms with Gasteiger partial charge in [-0.3, -0.25) is 9.38 Å². The van der Waals surface area contributed by atoms with Gasteiger partial charge < -0.3 is 9.31 Å². The van der Waals surface area contributed by atoms with Crippen molar-refractivity contribution in [3.05, 3.63) is 72.9 Å². The van der Waals surface area contributed by atoms with Crippen LogP contribution in [0.15, 0.2) is 72.9 Å². The molecule has 3 aromatic carbocycles. The molecule has 180 valence electrons. The minimum absolute atomic E-state index is 0.418. The summed E-state index contributed by atoms with van der Waals surface area (Å²) in [4.78, 5) is 9.94. The number of fused-ring (bicyclic) bond motifs is 10. The summed E-state index contributed by atoms with van der Waals surface area (Å²) in [5.41, 5.74) is 5.15. The van der Waals surface area contributed by atoms with Crippen LogP contribution in [0, 0.1) is 0 Å². The number of benzene rings is 3. The van der Waals surface area contributed by atoms with Crippen LogP contribution >= 0.6 is 0 Å². The van der Waals surface area contributed by atoms with Gasteiger partial charge in [-0.25, -0.2) is 4.98 Å². The van der Waals surface area contributed by atoms with Crippen molar-refractivity contribution < 1.29 is 9.31 Å². The zero-order valence-corrected chi connectivity index (χ0v) is 21.7. The van der Waals surface area contributed by atoms with Crippen LogP contribution in [0.2, 0.25) is 0 Å². The molecule has 5 nitrogen and oxygen atoms in total. The van der Waals surface area contributed by atoms with E-state index in [2.05, 4.69) is 86.7 Å². The van der Waals surface area contributed by atoms with Crippen molar-refractivity contribution in [1.29, 1.82) is 0 Å². The lowest BCUT2D eigenvalue weighted by Gasteiger charge is -2.32. The molecule has 4 heterocycles. The maximum Gasteiger partial charge on any atom is 0.495 e.